The summed E-state index contributed by atoms with van der Waals surface area (Å²) in [5.41, 5.74) is 1.46. The predicted octanol–water partition coefficient (Wildman–Crippen LogP) is 4.80. The highest BCUT2D eigenvalue weighted by molar-refractivity contribution is 5.62. The van der Waals surface area contributed by atoms with Crippen LogP contribution in [0.15, 0.2) is 41.4 Å². The van der Waals surface area contributed by atoms with E-state index in [1.54, 1.807) is 32.3 Å². The summed E-state index contributed by atoms with van der Waals surface area (Å²) >= 11 is 0. The third-order valence-corrected chi connectivity index (χ3v) is 3.83. The first-order valence-electron chi connectivity index (χ1n) is 7.89. The van der Waals surface area contributed by atoms with Crippen molar-refractivity contribution in [3.8, 4) is 11.5 Å². The Morgan fingerprint density at radius 2 is 1.88 bits per heavy atom. The van der Waals surface area contributed by atoms with E-state index in [1.807, 2.05) is 6.07 Å². The fraction of sp³-hybridized carbons (Fsp3) is 0.316. The average molecular weight is 351 g/mol. The van der Waals surface area contributed by atoms with Crippen molar-refractivity contribution in [2.45, 2.75) is 32.5 Å². The van der Waals surface area contributed by atoms with Gasteiger partial charge in [0, 0.05) is 19.7 Å². The van der Waals surface area contributed by atoms with Crippen molar-refractivity contribution in [2.24, 2.45) is 4.99 Å². The molecule has 2 aromatic carbocycles. The van der Waals surface area contributed by atoms with Gasteiger partial charge in [-0.25, -0.2) is 0 Å². The normalized spacial score (nSPS) is 11.9. The van der Waals surface area contributed by atoms with Gasteiger partial charge in [0.2, 0.25) is 0 Å². The monoisotopic (exact) mass is 351 g/mol. The predicted molar refractivity (Wildman–Crippen MR) is 91.4 cm³/mol. The highest BCUT2D eigenvalue weighted by atomic mass is 19.4. The summed E-state index contributed by atoms with van der Waals surface area (Å²) in [4.78, 5) is 3.88. The van der Waals surface area contributed by atoms with Gasteiger partial charge < -0.3 is 14.8 Å². The number of hydrogen-bond donors (Lipinski definition) is 1. The first-order chi connectivity index (χ1) is 11.8. The Kier molecular flexibility index (Phi) is 6.07. The molecule has 0 unspecified atom stereocenters. The van der Waals surface area contributed by atoms with Crippen molar-refractivity contribution in [3.63, 3.8) is 0 Å². The number of rotatable bonds is 6. The largest absolute Gasteiger partial charge is 0.504 e. The molecule has 1 N–H and O–H groups in total. The lowest BCUT2D eigenvalue weighted by Crippen LogP contribution is -2.08. The first kappa shape index (κ1) is 18.8. The molecule has 3 nitrogen and oxygen atoms in total. The Bertz CT molecular complexity index is 755. The zero-order chi connectivity index (χ0) is 18.4. The topological polar surface area (TPSA) is 41.8 Å². The van der Waals surface area contributed by atoms with Crippen LogP contribution in [0.25, 0.3) is 0 Å². The molecule has 0 saturated carbocycles. The summed E-state index contributed by atoms with van der Waals surface area (Å²) in [5.74, 6) is 0.283. The molecule has 0 atom stereocenters. The van der Waals surface area contributed by atoms with E-state index in [2.05, 4.69) is 4.99 Å². The number of alkyl halides is 3. The lowest BCUT2D eigenvalue weighted by atomic mass is 10.0. The van der Waals surface area contributed by atoms with Crippen molar-refractivity contribution in [1.29, 1.82) is 0 Å². The lowest BCUT2D eigenvalue weighted by molar-refractivity contribution is -0.137. The number of hydrogen-bond acceptors (Lipinski definition) is 3. The zero-order valence-corrected chi connectivity index (χ0v) is 14.1. The SMILES string of the molecule is CCc1cc(C(F)(F)F)ccc1COc1ccc(CC=NC)cc1O. The second kappa shape index (κ2) is 8.05. The van der Waals surface area contributed by atoms with E-state index < -0.39 is 11.7 Å². The Balaban J connectivity index is 2.13. The van der Waals surface area contributed by atoms with Crippen LogP contribution in [0.1, 0.15) is 29.2 Å². The molecule has 6 heteroatoms. The fourth-order valence-corrected chi connectivity index (χ4v) is 2.44. The van der Waals surface area contributed by atoms with Crippen LogP contribution in [-0.4, -0.2) is 18.4 Å². The van der Waals surface area contributed by atoms with Gasteiger partial charge >= 0.3 is 6.18 Å². The van der Waals surface area contributed by atoms with Crippen LogP contribution in [-0.2, 0) is 25.6 Å². The summed E-state index contributed by atoms with van der Waals surface area (Å²) in [7, 11) is 1.67. The quantitative estimate of drug-likeness (QED) is 0.760. The summed E-state index contributed by atoms with van der Waals surface area (Å²) in [5, 5.41) is 10.0. The minimum Gasteiger partial charge on any atom is -0.504 e. The Morgan fingerprint density at radius 1 is 1.12 bits per heavy atom. The minimum atomic E-state index is -4.36. The van der Waals surface area contributed by atoms with Gasteiger partial charge in [-0.15, -0.1) is 0 Å². The number of aryl methyl sites for hydroxylation is 1. The standard InChI is InChI=1S/C19H20F3NO2/c1-3-14-11-16(19(20,21)22)6-5-15(14)12-25-18-7-4-13(8-9-23-2)10-17(18)24/h4-7,9-11,24H,3,8,12H2,1-2H3. The van der Waals surface area contributed by atoms with E-state index in [4.69, 9.17) is 4.74 Å². The highest BCUT2D eigenvalue weighted by Crippen LogP contribution is 2.32. The molecule has 0 aliphatic rings. The minimum absolute atomic E-state index is 0.00744. The van der Waals surface area contributed by atoms with Gasteiger partial charge in [-0.1, -0.05) is 19.1 Å². The van der Waals surface area contributed by atoms with E-state index in [0.717, 1.165) is 17.7 Å². The van der Waals surface area contributed by atoms with Crippen LogP contribution in [0.3, 0.4) is 0 Å². The molecule has 0 saturated heterocycles. The van der Waals surface area contributed by atoms with Crippen molar-refractivity contribution in [2.75, 3.05) is 7.05 Å². The third kappa shape index (κ3) is 4.98. The van der Waals surface area contributed by atoms with Gasteiger partial charge in [-0.2, -0.15) is 13.2 Å². The van der Waals surface area contributed by atoms with E-state index in [1.165, 1.54) is 6.07 Å². The number of phenolic OH excluding ortho intramolecular Hbond substituents is 1. The molecule has 0 fully saturated rings. The molecule has 0 aromatic heterocycles. The van der Waals surface area contributed by atoms with Crippen molar-refractivity contribution in [3.05, 3.63) is 58.7 Å². The van der Waals surface area contributed by atoms with Crippen molar-refractivity contribution >= 4 is 6.21 Å². The van der Waals surface area contributed by atoms with E-state index in [-0.39, 0.29) is 12.4 Å². The number of aromatic hydroxyl groups is 1. The Hall–Kier alpha value is -2.50. The van der Waals surface area contributed by atoms with Gasteiger partial charge in [-0.3, -0.25) is 0 Å². The van der Waals surface area contributed by atoms with Crippen LogP contribution in [0, 0.1) is 0 Å². The number of aliphatic imine (C=N–C) groups is 1. The summed E-state index contributed by atoms with van der Waals surface area (Å²) in [6.45, 7) is 1.88. The van der Waals surface area contributed by atoms with Crippen molar-refractivity contribution in [1.82, 2.24) is 0 Å². The third-order valence-electron chi connectivity index (χ3n) is 3.83. The van der Waals surface area contributed by atoms with Crippen molar-refractivity contribution < 1.29 is 23.0 Å². The molecule has 0 spiro atoms. The zero-order valence-electron chi connectivity index (χ0n) is 14.1. The molecule has 25 heavy (non-hydrogen) atoms. The molecule has 0 amide bonds. The molecular formula is C19H20F3NO2. The lowest BCUT2D eigenvalue weighted by Gasteiger charge is -2.14. The molecule has 0 aliphatic carbocycles. The molecule has 0 bridgehead atoms. The maximum absolute atomic E-state index is 12.8. The van der Waals surface area contributed by atoms with E-state index in [9.17, 15) is 18.3 Å². The van der Waals surface area contributed by atoms with Gasteiger partial charge in [-0.05, 0) is 47.4 Å². The van der Waals surface area contributed by atoms with E-state index in [0.29, 0.717) is 29.7 Å². The highest BCUT2D eigenvalue weighted by Gasteiger charge is 2.30. The molecule has 2 rings (SSSR count). The Morgan fingerprint density at radius 3 is 2.48 bits per heavy atom. The second-order valence-corrected chi connectivity index (χ2v) is 5.57. The smallest absolute Gasteiger partial charge is 0.416 e. The maximum Gasteiger partial charge on any atom is 0.416 e. The number of benzene rings is 2. The van der Waals surface area contributed by atoms with Gasteiger partial charge in [0.05, 0.1) is 5.56 Å². The summed E-state index contributed by atoms with van der Waals surface area (Å²) in [6, 6.07) is 8.65. The summed E-state index contributed by atoms with van der Waals surface area (Å²) in [6.07, 6.45) is -1.57. The molecule has 0 radical (unpaired) electrons. The summed E-state index contributed by atoms with van der Waals surface area (Å²) < 4.78 is 44.0. The number of ether oxygens (including phenoxy) is 1. The molecule has 2 aromatic rings. The van der Waals surface area contributed by atoms with Crippen LogP contribution in [0.4, 0.5) is 13.2 Å². The molecule has 0 heterocycles. The van der Waals surface area contributed by atoms with Crippen LogP contribution in [0.5, 0.6) is 11.5 Å². The molecule has 0 aliphatic heterocycles. The second-order valence-electron chi connectivity index (χ2n) is 5.57. The maximum atomic E-state index is 12.8. The number of phenols is 1. The fourth-order valence-electron chi connectivity index (χ4n) is 2.44. The number of halogens is 3. The van der Waals surface area contributed by atoms with Gasteiger partial charge in [0.25, 0.3) is 0 Å². The van der Waals surface area contributed by atoms with Gasteiger partial charge in [0.1, 0.15) is 6.61 Å². The Labute approximate surface area is 144 Å². The van der Waals surface area contributed by atoms with Crippen LogP contribution < -0.4 is 4.74 Å². The molecular weight excluding hydrogens is 331 g/mol. The van der Waals surface area contributed by atoms with Crippen LogP contribution in [0.2, 0.25) is 0 Å². The van der Waals surface area contributed by atoms with E-state index >= 15 is 0 Å². The molecule has 134 valence electrons. The number of nitrogens with zero attached hydrogens (tertiary/aromatic N) is 1. The van der Waals surface area contributed by atoms with Crippen LogP contribution >= 0.6 is 0 Å². The average Bonchev–Trinajstić information content (AvgIpc) is 2.58. The first-order valence-corrected chi connectivity index (χ1v) is 7.89. The van der Waals surface area contributed by atoms with Gasteiger partial charge in [0.15, 0.2) is 11.5 Å².